The molecule has 0 saturated heterocycles. The van der Waals surface area contributed by atoms with Crippen LogP contribution >= 0.6 is 0 Å². The first-order chi connectivity index (χ1) is 6.90. The number of rotatable bonds is 2. The first-order valence-electron chi connectivity index (χ1n) is 4.02. The molecule has 16 heavy (non-hydrogen) atoms. The fourth-order valence-corrected chi connectivity index (χ4v) is 0. The molecule has 6 N–H and O–H groups in total. The van der Waals surface area contributed by atoms with Crippen LogP contribution in [0.25, 0.3) is 0 Å². The van der Waals surface area contributed by atoms with Gasteiger partial charge in [0.05, 0.1) is 11.2 Å². The van der Waals surface area contributed by atoms with Crippen LogP contribution in [-0.2, 0) is 4.99 Å². The van der Waals surface area contributed by atoms with Gasteiger partial charge < -0.3 is 25.3 Å². The minimum Gasteiger partial charge on any atom is -0.402 e. The number of hydrogen-bond acceptors (Lipinski definition) is 9. The molecule has 0 heterocycles. The molecule has 0 aromatic carbocycles. The van der Waals surface area contributed by atoms with Crippen molar-refractivity contribution in [2.24, 2.45) is 5.34 Å². The van der Waals surface area contributed by atoms with E-state index in [1.807, 2.05) is 0 Å². The summed E-state index contributed by atoms with van der Waals surface area (Å²) in [5.74, 6) is 0. The monoisotopic (exact) mass is 243 g/mol. The Morgan fingerprint density at radius 3 is 1.12 bits per heavy atom. The molecule has 0 fully saturated rings. The molecule has 10 heteroatoms. The maximum absolute atomic E-state index is 9.10. The van der Waals surface area contributed by atoms with Crippen molar-refractivity contribution in [3.8, 4) is 0 Å². The van der Waals surface area contributed by atoms with Gasteiger partial charge in [-0.2, -0.15) is 10.2 Å². The van der Waals surface area contributed by atoms with E-state index in [-0.39, 0.29) is 0 Å². The van der Waals surface area contributed by atoms with E-state index in [2.05, 4.69) is 4.99 Å². The topological polar surface area (TPSA) is 160 Å². The van der Waals surface area contributed by atoms with E-state index in [1.54, 1.807) is 33.0 Å². The van der Waals surface area contributed by atoms with Gasteiger partial charge in [0.25, 0.3) is 0 Å². The number of nitrogens with zero attached hydrogens (tertiary/aromatic N) is 1. The zero-order valence-corrected chi connectivity index (χ0v) is 9.52. The van der Waals surface area contributed by atoms with Crippen LogP contribution in [0.1, 0.15) is 27.7 Å². The molecule has 0 aliphatic carbocycles. The first kappa shape index (κ1) is 20.6. The molecule has 0 unspecified atom stereocenters. The number of hydrogen-bond donors (Lipinski definition) is 6. The second kappa shape index (κ2) is 9.45. The van der Waals surface area contributed by atoms with Gasteiger partial charge in [0.2, 0.25) is 0 Å². The smallest absolute Gasteiger partial charge is 0.402 e. The van der Waals surface area contributed by atoms with Crippen molar-refractivity contribution in [2.45, 2.75) is 38.9 Å². The molecule has 0 bridgehead atoms. The van der Waals surface area contributed by atoms with Gasteiger partial charge in [-0.05, 0) is 27.7 Å². The van der Waals surface area contributed by atoms with Crippen molar-refractivity contribution in [3.63, 3.8) is 0 Å². The van der Waals surface area contributed by atoms with Crippen molar-refractivity contribution in [3.05, 3.63) is 4.91 Å². The highest BCUT2D eigenvalue weighted by molar-refractivity contribution is 6.30. The Kier molecular flexibility index (Phi) is 12.2. The second-order valence-corrected chi connectivity index (χ2v) is 3.62. The standard InChI is InChI=1S/C6H14O2.BH3O3.HNO3/c1-5(2,7)6(3,4)8;2-1(3)4;2-1-4-3/h7-8H,1-4H3;2-4H;3H. The van der Waals surface area contributed by atoms with Crippen molar-refractivity contribution in [2.75, 3.05) is 0 Å². The van der Waals surface area contributed by atoms with E-state index in [4.69, 9.17) is 35.4 Å². The van der Waals surface area contributed by atoms with Crippen LogP contribution in [0.3, 0.4) is 0 Å². The first-order valence-corrected chi connectivity index (χ1v) is 4.02. The highest BCUT2D eigenvalue weighted by atomic mass is 17.2. The summed E-state index contributed by atoms with van der Waals surface area (Å²) in [6.07, 6.45) is 0. The lowest BCUT2D eigenvalue weighted by molar-refractivity contribution is -0.245. The summed E-state index contributed by atoms with van der Waals surface area (Å²) in [6.45, 7) is 6.31. The summed E-state index contributed by atoms with van der Waals surface area (Å²) in [5, 5.41) is 48.1. The summed E-state index contributed by atoms with van der Waals surface area (Å²) in [4.78, 5) is 11.1. The Hall–Kier alpha value is -0.775. The molecule has 0 aliphatic heterocycles. The fraction of sp³-hybridized carbons (Fsp3) is 1.00. The van der Waals surface area contributed by atoms with Crippen molar-refractivity contribution >= 4 is 7.32 Å². The normalized spacial score (nSPS) is 10.1. The summed E-state index contributed by atoms with van der Waals surface area (Å²) >= 11 is 0. The molecule has 0 radical (unpaired) electrons. The molecule has 0 spiro atoms. The van der Waals surface area contributed by atoms with Gasteiger partial charge in [0, 0.05) is 0 Å². The molecule has 0 amide bonds. The van der Waals surface area contributed by atoms with Crippen LogP contribution in [0, 0.1) is 4.91 Å². The zero-order valence-electron chi connectivity index (χ0n) is 9.52. The lowest BCUT2D eigenvalue weighted by Crippen LogP contribution is -2.44. The Labute approximate surface area is 93.0 Å². The van der Waals surface area contributed by atoms with Gasteiger partial charge in [-0.3, -0.25) is 0 Å². The van der Waals surface area contributed by atoms with Gasteiger partial charge >= 0.3 is 7.32 Å². The van der Waals surface area contributed by atoms with Crippen molar-refractivity contribution in [1.82, 2.24) is 0 Å². The quantitative estimate of drug-likeness (QED) is 0.150. The van der Waals surface area contributed by atoms with Gasteiger partial charge in [0.15, 0.2) is 5.34 Å². The van der Waals surface area contributed by atoms with E-state index < -0.39 is 18.5 Å². The molecule has 0 aliphatic rings. The molecule has 0 aromatic rings. The average Bonchev–Trinajstić information content (AvgIpc) is 2.00. The summed E-state index contributed by atoms with van der Waals surface area (Å²) in [7, 11) is -2.17. The third kappa shape index (κ3) is 23.2. The third-order valence-corrected chi connectivity index (χ3v) is 1.53. The van der Waals surface area contributed by atoms with E-state index in [0.29, 0.717) is 0 Å². The highest BCUT2D eigenvalue weighted by Crippen LogP contribution is 2.19. The Balaban J connectivity index is -0.000000179. The van der Waals surface area contributed by atoms with Crippen molar-refractivity contribution < 1.29 is 35.5 Å². The van der Waals surface area contributed by atoms with Crippen LogP contribution in [0.2, 0.25) is 0 Å². The van der Waals surface area contributed by atoms with Gasteiger partial charge in [0.1, 0.15) is 0 Å². The summed E-state index contributed by atoms with van der Waals surface area (Å²) in [5.41, 5.74) is -2.01. The maximum atomic E-state index is 9.10. The molecule has 98 valence electrons. The van der Waals surface area contributed by atoms with E-state index >= 15 is 0 Å². The molecule has 0 saturated carbocycles. The van der Waals surface area contributed by atoms with Crippen LogP contribution in [0.5, 0.6) is 0 Å². The number of aliphatic hydroxyl groups is 2. The van der Waals surface area contributed by atoms with Gasteiger partial charge in [-0.1, -0.05) is 0 Å². The summed E-state index contributed by atoms with van der Waals surface area (Å²) < 4.78 is 0. The predicted molar refractivity (Wildman–Crippen MR) is 54.5 cm³/mol. The predicted octanol–water partition coefficient (Wildman–Crippen LogP) is -1.37. The van der Waals surface area contributed by atoms with Crippen LogP contribution in [0.15, 0.2) is 5.34 Å². The zero-order chi connectivity index (χ0) is 14.0. The maximum Gasteiger partial charge on any atom is 0.631 e. The molecule has 0 atom stereocenters. The summed E-state index contributed by atoms with van der Waals surface area (Å²) in [6, 6.07) is 0. The molecular weight excluding hydrogens is 225 g/mol. The minimum absolute atomic E-state index is 1.01. The Bertz CT molecular complexity index is 148. The van der Waals surface area contributed by atoms with Crippen LogP contribution < -0.4 is 0 Å². The minimum atomic E-state index is -2.17. The largest absolute Gasteiger partial charge is 0.631 e. The van der Waals surface area contributed by atoms with Gasteiger partial charge in [-0.15, -0.1) is 4.91 Å². The van der Waals surface area contributed by atoms with Crippen molar-refractivity contribution in [1.29, 1.82) is 0 Å². The van der Waals surface area contributed by atoms with E-state index in [1.165, 1.54) is 0 Å². The van der Waals surface area contributed by atoms with E-state index in [9.17, 15) is 0 Å². The van der Waals surface area contributed by atoms with Gasteiger partial charge in [-0.25, -0.2) is 0 Å². The third-order valence-electron chi connectivity index (χ3n) is 1.53. The molecule has 9 nitrogen and oxygen atoms in total. The lowest BCUT2D eigenvalue weighted by atomic mass is 9.90. The van der Waals surface area contributed by atoms with Crippen LogP contribution in [-0.4, -0.2) is 49.1 Å². The SMILES string of the molecule is CC(C)(O)C(C)(C)O.O=NOO.OB(O)O. The van der Waals surface area contributed by atoms with Crippen LogP contribution in [0.4, 0.5) is 0 Å². The molecule has 0 rings (SSSR count). The second-order valence-electron chi connectivity index (χ2n) is 3.62. The Morgan fingerprint density at radius 2 is 1.12 bits per heavy atom. The molecular formula is C6H18BNO8. The Morgan fingerprint density at radius 1 is 1.00 bits per heavy atom. The van der Waals surface area contributed by atoms with E-state index in [0.717, 1.165) is 0 Å². The highest BCUT2D eigenvalue weighted by Gasteiger charge is 2.31. The lowest BCUT2D eigenvalue weighted by Gasteiger charge is -2.31. The average molecular weight is 243 g/mol. The fourth-order valence-electron chi connectivity index (χ4n) is 0. The molecule has 0 aromatic heterocycles.